The highest BCUT2D eigenvalue weighted by Crippen LogP contribution is 2.24. The first-order valence-corrected chi connectivity index (χ1v) is 13.0. The van der Waals surface area contributed by atoms with Crippen molar-refractivity contribution >= 4 is 38.9 Å². The quantitative estimate of drug-likeness (QED) is 0.560. The third-order valence-electron chi connectivity index (χ3n) is 5.75. The second-order valence-corrected chi connectivity index (χ2v) is 10.7. The van der Waals surface area contributed by atoms with Gasteiger partial charge in [0, 0.05) is 24.3 Å². The molecule has 1 unspecified atom stereocenters. The summed E-state index contributed by atoms with van der Waals surface area (Å²) in [5, 5.41) is 5.67. The molecule has 33 heavy (non-hydrogen) atoms. The lowest BCUT2D eigenvalue weighted by molar-refractivity contribution is 0.0977. The zero-order valence-electron chi connectivity index (χ0n) is 19.2. The molecule has 0 bridgehead atoms. The normalized spacial score (nSPS) is 16.1. The molecule has 7 nitrogen and oxygen atoms in total. The zero-order chi connectivity index (χ0) is 24.0. The summed E-state index contributed by atoms with van der Waals surface area (Å²) < 4.78 is 32.9. The lowest BCUT2D eigenvalue weighted by Crippen LogP contribution is -2.37. The number of amides is 1. The fraction of sp³-hybridized carbons (Fsp3) is 0.417. The number of nitrogens with one attached hydrogen (secondary N) is 2. The van der Waals surface area contributed by atoms with Crippen molar-refractivity contribution < 1.29 is 17.9 Å². The van der Waals surface area contributed by atoms with Gasteiger partial charge in [-0.05, 0) is 92.9 Å². The van der Waals surface area contributed by atoms with Crippen LogP contribution < -0.4 is 15.4 Å². The summed E-state index contributed by atoms with van der Waals surface area (Å²) in [7, 11) is -3.51. The number of sulfonamides is 1. The van der Waals surface area contributed by atoms with E-state index in [0.29, 0.717) is 36.0 Å². The molecule has 1 aliphatic heterocycles. The van der Waals surface area contributed by atoms with Gasteiger partial charge in [-0.2, -0.15) is 4.31 Å². The molecule has 1 atom stereocenters. The van der Waals surface area contributed by atoms with E-state index in [9.17, 15) is 13.2 Å². The standard InChI is InChI=1S/C24H31N3O4S2/c1-4-18(3)31-21-9-5-19(6-10-21)23(28)26-24(32)25-20-7-11-22(12-8-20)33(29,30)27-15-13-17(2)14-16-27/h5-12,17-18H,4,13-16H2,1-3H3,(H2,25,26,28,32). The number of nitrogens with zero attached hydrogens (tertiary/aromatic N) is 1. The van der Waals surface area contributed by atoms with Gasteiger partial charge in [-0.25, -0.2) is 8.42 Å². The van der Waals surface area contributed by atoms with Gasteiger partial charge in [0.1, 0.15) is 5.75 Å². The van der Waals surface area contributed by atoms with Crippen LogP contribution in [-0.4, -0.2) is 42.9 Å². The number of carbonyl (C=O) groups is 1. The van der Waals surface area contributed by atoms with Crippen LogP contribution in [0, 0.1) is 5.92 Å². The van der Waals surface area contributed by atoms with Crippen molar-refractivity contribution in [3.8, 4) is 5.75 Å². The highest BCUT2D eigenvalue weighted by atomic mass is 32.2. The lowest BCUT2D eigenvalue weighted by Gasteiger charge is -2.29. The third-order valence-corrected chi connectivity index (χ3v) is 7.87. The summed E-state index contributed by atoms with van der Waals surface area (Å²) in [6.45, 7) is 7.26. The van der Waals surface area contributed by atoms with E-state index in [-0.39, 0.29) is 22.0 Å². The summed E-state index contributed by atoms with van der Waals surface area (Å²) >= 11 is 5.24. The molecule has 0 radical (unpaired) electrons. The van der Waals surface area contributed by atoms with Gasteiger partial charge < -0.3 is 10.1 Å². The first-order valence-electron chi connectivity index (χ1n) is 11.2. The summed E-state index contributed by atoms with van der Waals surface area (Å²) in [6.07, 6.45) is 2.75. The van der Waals surface area contributed by atoms with Gasteiger partial charge >= 0.3 is 0 Å². The molecule has 9 heteroatoms. The van der Waals surface area contributed by atoms with Gasteiger partial charge in [-0.3, -0.25) is 10.1 Å². The van der Waals surface area contributed by atoms with Crippen LogP contribution in [0.4, 0.5) is 5.69 Å². The Morgan fingerprint density at radius 2 is 1.73 bits per heavy atom. The molecule has 2 aromatic rings. The molecule has 2 aromatic carbocycles. The molecule has 2 N–H and O–H groups in total. The van der Waals surface area contributed by atoms with Crippen molar-refractivity contribution in [3.05, 3.63) is 54.1 Å². The van der Waals surface area contributed by atoms with Crippen LogP contribution in [0.3, 0.4) is 0 Å². The Morgan fingerprint density at radius 3 is 2.30 bits per heavy atom. The number of anilines is 1. The Balaban J connectivity index is 1.55. The Kier molecular flexibility index (Phi) is 8.45. The van der Waals surface area contributed by atoms with E-state index >= 15 is 0 Å². The maximum absolute atomic E-state index is 12.8. The molecule has 0 aromatic heterocycles. The number of piperidine rings is 1. The van der Waals surface area contributed by atoms with Crippen molar-refractivity contribution in [1.29, 1.82) is 0 Å². The van der Waals surface area contributed by atoms with Gasteiger partial charge in [0.15, 0.2) is 5.11 Å². The van der Waals surface area contributed by atoms with Crippen LogP contribution in [0.1, 0.15) is 50.4 Å². The molecule has 1 fully saturated rings. The van der Waals surface area contributed by atoms with Crippen molar-refractivity contribution in [2.75, 3.05) is 18.4 Å². The highest BCUT2D eigenvalue weighted by molar-refractivity contribution is 7.89. The predicted octanol–water partition coefficient (Wildman–Crippen LogP) is 4.41. The number of rotatable bonds is 7. The second kappa shape index (κ2) is 11.1. The minimum atomic E-state index is -3.51. The molecule has 1 heterocycles. The van der Waals surface area contributed by atoms with Crippen LogP contribution in [0.2, 0.25) is 0 Å². The summed E-state index contributed by atoms with van der Waals surface area (Å²) in [6, 6.07) is 13.2. The van der Waals surface area contributed by atoms with E-state index in [1.807, 2.05) is 13.8 Å². The van der Waals surface area contributed by atoms with Crippen LogP contribution in [-0.2, 0) is 10.0 Å². The second-order valence-electron chi connectivity index (χ2n) is 8.38. The minimum absolute atomic E-state index is 0.103. The van der Waals surface area contributed by atoms with Gasteiger partial charge in [0.2, 0.25) is 10.0 Å². The van der Waals surface area contributed by atoms with Crippen molar-refractivity contribution in [3.63, 3.8) is 0 Å². The zero-order valence-corrected chi connectivity index (χ0v) is 20.8. The van der Waals surface area contributed by atoms with Gasteiger partial charge in [0.05, 0.1) is 11.0 Å². The maximum atomic E-state index is 12.8. The molecule has 1 aliphatic rings. The maximum Gasteiger partial charge on any atom is 0.257 e. The molecule has 1 amide bonds. The molecule has 1 saturated heterocycles. The fourth-order valence-electron chi connectivity index (χ4n) is 3.42. The first kappa shape index (κ1) is 25.1. The van der Waals surface area contributed by atoms with Crippen molar-refractivity contribution in [1.82, 2.24) is 9.62 Å². The molecule has 3 rings (SSSR count). The molecule has 178 valence electrons. The van der Waals surface area contributed by atoms with E-state index < -0.39 is 10.0 Å². The summed E-state index contributed by atoms with van der Waals surface area (Å²) in [5.41, 5.74) is 1.04. The van der Waals surface area contributed by atoms with Gasteiger partial charge in [-0.1, -0.05) is 13.8 Å². The monoisotopic (exact) mass is 489 g/mol. The topological polar surface area (TPSA) is 87.7 Å². The SMILES string of the molecule is CCC(C)Oc1ccc(C(=O)NC(=S)Nc2ccc(S(=O)(=O)N3CCC(C)CC3)cc2)cc1. The Bertz CT molecular complexity index is 1060. The number of hydrogen-bond donors (Lipinski definition) is 2. The largest absolute Gasteiger partial charge is 0.491 e. The van der Waals surface area contributed by atoms with E-state index in [4.69, 9.17) is 17.0 Å². The van der Waals surface area contributed by atoms with E-state index in [0.717, 1.165) is 19.3 Å². The van der Waals surface area contributed by atoms with Crippen LogP contribution in [0.15, 0.2) is 53.4 Å². The van der Waals surface area contributed by atoms with E-state index in [1.54, 1.807) is 52.8 Å². The average Bonchev–Trinajstić information content (AvgIpc) is 2.80. The molecular weight excluding hydrogens is 458 g/mol. The number of thiocarbonyl (C=S) groups is 1. The van der Waals surface area contributed by atoms with Crippen LogP contribution in [0.5, 0.6) is 5.75 Å². The fourth-order valence-corrected chi connectivity index (χ4v) is 5.10. The number of benzene rings is 2. The van der Waals surface area contributed by atoms with Crippen molar-refractivity contribution in [2.24, 2.45) is 5.92 Å². The Labute approximate surface area is 201 Å². The third kappa shape index (κ3) is 6.75. The van der Waals surface area contributed by atoms with E-state index in [1.165, 1.54) is 0 Å². The predicted molar refractivity (Wildman–Crippen MR) is 134 cm³/mol. The average molecular weight is 490 g/mol. The van der Waals surface area contributed by atoms with Gasteiger partial charge in [0.25, 0.3) is 5.91 Å². The number of carbonyl (C=O) groups excluding carboxylic acids is 1. The molecular formula is C24H31N3O4S2. The summed E-state index contributed by atoms with van der Waals surface area (Å²) in [4.78, 5) is 12.7. The summed E-state index contributed by atoms with van der Waals surface area (Å²) in [5.74, 6) is 0.909. The number of hydrogen-bond acceptors (Lipinski definition) is 5. The molecule has 0 spiro atoms. The number of ether oxygens (including phenoxy) is 1. The Morgan fingerprint density at radius 1 is 1.12 bits per heavy atom. The van der Waals surface area contributed by atoms with Gasteiger partial charge in [-0.15, -0.1) is 0 Å². The minimum Gasteiger partial charge on any atom is -0.491 e. The highest BCUT2D eigenvalue weighted by Gasteiger charge is 2.27. The van der Waals surface area contributed by atoms with Crippen LogP contribution in [0.25, 0.3) is 0 Å². The molecule has 0 saturated carbocycles. The lowest BCUT2D eigenvalue weighted by atomic mass is 10.0. The van der Waals surface area contributed by atoms with Crippen LogP contribution >= 0.6 is 12.2 Å². The Hall–Kier alpha value is -2.49. The van der Waals surface area contributed by atoms with E-state index in [2.05, 4.69) is 17.6 Å². The molecule has 0 aliphatic carbocycles. The smallest absolute Gasteiger partial charge is 0.257 e. The first-order chi connectivity index (χ1) is 15.7. The van der Waals surface area contributed by atoms with Crippen molar-refractivity contribution in [2.45, 2.75) is 51.0 Å².